The third-order valence-corrected chi connectivity index (χ3v) is 1.90. The third-order valence-electron chi connectivity index (χ3n) is 1.90. The van der Waals surface area contributed by atoms with Crippen molar-refractivity contribution in [3.63, 3.8) is 0 Å². The maximum Gasteiger partial charge on any atom is 0.289 e. The number of oxime groups is 1. The summed E-state index contributed by atoms with van der Waals surface area (Å²) in [6.45, 7) is 3.63. The predicted molar refractivity (Wildman–Crippen MR) is 56.3 cm³/mol. The minimum absolute atomic E-state index is 0.0609. The van der Waals surface area contributed by atoms with E-state index in [0.717, 1.165) is 0 Å². The van der Waals surface area contributed by atoms with E-state index in [-0.39, 0.29) is 30.5 Å². The third kappa shape index (κ3) is 2.97. The molecule has 1 heterocycles. The van der Waals surface area contributed by atoms with Crippen molar-refractivity contribution in [3.8, 4) is 0 Å². The van der Waals surface area contributed by atoms with Gasteiger partial charge in [0.2, 0.25) is 5.76 Å². The molecule has 0 aromatic carbocycles. The molecule has 0 saturated carbocycles. The largest absolute Gasteiger partial charge is 0.436 e. The number of amides is 1. The number of rotatable bonds is 4. The molecule has 0 unspecified atom stereocenters. The molecule has 88 valence electrons. The molecule has 0 radical (unpaired) electrons. The standard InChI is InChI=1S/C9H14N4O3/c1-5-8(16-6(2)12-5)9(14)11-4-3-7(10)13-15/h15H,3-4H2,1-2H3,(H2,10,13)(H,11,14). The van der Waals surface area contributed by atoms with Crippen LogP contribution in [0.1, 0.15) is 28.6 Å². The van der Waals surface area contributed by atoms with E-state index in [1.807, 2.05) is 0 Å². The molecule has 7 heteroatoms. The van der Waals surface area contributed by atoms with Crippen LogP contribution in [0.15, 0.2) is 9.57 Å². The lowest BCUT2D eigenvalue weighted by molar-refractivity contribution is 0.0925. The van der Waals surface area contributed by atoms with Crippen LogP contribution in [0, 0.1) is 13.8 Å². The minimum Gasteiger partial charge on any atom is -0.436 e. The summed E-state index contributed by atoms with van der Waals surface area (Å²) in [7, 11) is 0. The number of aromatic nitrogens is 1. The number of hydrogen-bond donors (Lipinski definition) is 3. The Hall–Kier alpha value is -2.05. The number of hydrogen-bond acceptors (Lipinski definition) is 5. The summed E-state index contributed by atoms with van der Waals surface area (Å²) in [5.41, 5.74) is 5.79. The highest BCUT2D eigenvalue weighted by Crippen LogP contribution is 2.08. The molecule has 7 nitrogen and oxygen atoms in total. The van der Waals surface area contributed by atoms with Crippen LogP contribution in [-0.4, -0.2) is 28.5 Å². The molecule has 0 saturated heterocycles. The van der Waals surface area contributed by atoms with Crippen LogP contribution in [0.4, 0.5) is 0 Å². The monoisotopic (exact) mass is 226 g/mol. The molecule has 0 aliphatic heterocycles. The first kappa shape index (κ1) is 12.0. The first-order valence-electron chi connectivity index (χ1n) is 4.73. The number of oxazole rings is 1. The fourth-order valence-electron chi connectivity index (χ4n) is 1.18. The fourth-order valence-corrected chi connectivity index (χ4v) is 1.18. The van der Waals surface area contributed by atoms with E-state index < -0.39 is 0 Å². The van der Waals surface area contributed by atoms with Crippen molar-refractivity contribution in [2.75, 3.05) is 6.54 Å². The van der Waals surface area contributed by atoms with Gasteiger partial charge in [-0.25, -0.2) is 4.98 Å². The Bertz CT molecular complexity index is 411. The van der Waals surface area contributed by atoms with Gasteiger partial charge in [0, 0.05) is 19.9 Å². The molecule has 0 bridgehead atoms. The number of nitrogens with one attached hydrogen (secondary N) is 1. The lowest BCUT2D eigenvalue weighted by atomic mass is 10.3. The zero-order valence-electron chi connectivity index (χ0n) is 9.15. The van der Waals surface area contributed by atoms with Crippen molar-refractivity contribution >= 4 is 11.7 Å². The van der Waals surface area contributed by atoms with Gasteiger partial charge in [0.25, 0.3) is 5.91 Å². The number of carbonyl (C=O) groups is 1. The zero-order chi connectivity index (χ0) is 12.1. The van der Waals surface area contributed by atoms with Crippen LogP contribution >= 0.6 is 0 Å². The van der Waals surface area contributed by atoms with Crippen LogP contribution in [-0.2, 0) is 0 Å². The van der Waals surface area contributed by atoms with Crippen LogP contribution in [0.3, 0.4) is 0 Å². The van der Waals surface area contributed by atoms with Gasteiger partial charge in [-0.05, 0) is 6.92 Å². The second-order valence-electron chi connectivity index (χ2n) is 3.24. The van der Waals surface area contributed by atoms with Crippen molar-refractivity contribution < 1.29 is 14.4 Å². The minimum atomic E-state index is -0.358. The average Bonchev–Trinajstić information content (AvgIpc) is 2.57. The van der Waals surface area contributed by atoms with E-state index in [2.05, 4.69) is 15.5 Å². The van der Waals surface area contributed by atoms with Gasteiger partial charge < -0.3 is 20.7 Å². The predicted octanol–water partition coefficient (Wildman–Crippen LogP) is 0.158. The summed E-state index contributed by atoms with van der Waals surface area (Å²) in [5, 5.41) is 13.6. The number of carbonyl (C=O) groups excluding carboxylic acids is 1. The van der Waals surface area contributed by atoms with Crippen LogP contribution < -0.4 is 11.1 Å². The maximum absolute atomic E-state index is 11.6. The summed E-state index contributed by atoms with van der Waals surface area (Å²) in [6.07, 6.45) is 0.272. The van der Waals surface area contributed by atoms with Gasteiger partial charge in [0.15, 0.2) is 5.89 Å². The second-order valence-corrected chi connectivity index (χ2v) is 3.24. The number of aryl methyl sites for hydroxylation is 2. The average molecular weight is 226 g/mol. The normalized spacial score (nSPS) is 11.5. The SMILES string of the molecule is Cc1nc(C)c(C(=O)NCCC(N)=NO)o1. The molecule has 1 rings (SSSR count). The summed E-state index contributed by atoms with van der Waals surface area (Å²) < 4.78 is 5.13. The Kier molecular flexibility index (Phi) is 3.87. The lowest BCUT2D eigenvalue weighted by Crippen LogP contribution is -2.28. The highest BCUT2D eigenvalue weighted by molar-refractivity contribution is 5.92. The van der Waals surface area contributed by atoms with E-state index in [0.29, 0.717) is 11.6 Å². The quantitative estimate of drug-likeness (QED) is 0.293. The topological polar surface area (TPSA) is 114 Å². The van der Waals surface area contributed by atoms with Gasteiger partial charge >= 0.3 is 0 Å². The molecular weight excluding hydrogens is 212 g/mol. The zero-order valence-corrected chi connectivity index (χ0v) is 9.15. The molecule has 0 aliphatic carbocycles. The second kappa shape index (κ2) is 5.15. The number of nitrogens with two attached hydrogens (primary N) is 1. The smallest absolute Gasteiger partial charge is 0.289 e. The highest BCUT2D eigenvalue weighted by Gasteiger charge is 2.15. The molecule has 16 heavy (non-hydrogen) atoms. The molecule has 1 aromatic heterocycles. The van der Waals surface area contributed by atoms with Crippen molar-refractivity contribution in [1.82, 2.24) is 10.3 Å². The molecule has 1 amide bonds. The molecular formula is C9H14N4O3. The van der Waals surface area contributed by atoms with Crippen LogP contribution in [0.25, 0.3) is 0 Å². The first-order valence-corrected chi connectivity index (χ1v) is 4.73. The summed E-state index contributed by atoms with van der Waals surface area (Å²) in [5.74, 6) is 0.339. The van der Waals surface area contributed by atoms with Gasteiger partial charge in [-0.15, -0.1) is 0 Å². The Morgan fingerprint density at radius 3 is 2.81 bits per heavy atom. The summed E-state index contributed by atoms with van der Waals surface area (Å²) in [4.78, 5) is 15.5. The van der Waals surface area contributed by atoms with Gasteiger partial charge in [0.05, 0.1) is 5.69 Å². The highest BCUT2D eigenvalue weighted by atomic mass is 16.4. The lowest BCUT2D eigenvalue weighted by Gasteiger charge is -2.01. The molecule has 0 fully saturated rings. The fraction of sp³-hybridized carbons (Fsp3) is 0.444. The Balaban J connectivity index is 2.50. The number of amidine groups is 1. The van der Waals surface area contributed by atoms with Crippen molar-refractivity contribution in [2.45, 2.75) is 20.3 Å². The van der Waals surface area contributed by atoms with Crippen LogP contribution in [0.2, 0.25) is 0 Å². The maximum atomic E-state index is 11.6. The van der Waals surface area contributed by atoms with Crippen molar-refractivity contribution in [1.29, 1.82) is 0 Å². The summed E-state index contributed by atoms with van der Waals surface area (Å²) >= 11 is 0. The van der Waals surface area contributed by atoms with Crippen LogP contribution in [0.5, 0.6) is 0 Å². The summed E-state index contributed by atoms with van der Waals surface area (Å²) in [6, 6.07) is 0. The van der Waals surface area contributed by atoms with E-state index in [4.69, 9.17) is 15.4 Å². The Labute approximate surface area is 92.3 Å². The molecule has 1 aromatic rings. The van der Waals surface area contributed by atoms with Crippen molar-refractivity contribution in [2.24, 2.45) is 10.9 Å². The van der Waals surface area contributed by atoms with Gasteiger partial charge in [0.1, 0.15) is 5.84 Å². The Morgan fingerprint density at radius 1 is 1.62 bits per heavy atom. The van der Waals surface area contributed by atoms with E-state index in [9.17, 15) is 4.79 Å². The molecule has 0 aliphatic rings. The first-order chi connectivity index (χ1) is 7.54. The Morgan fingerprint density at radius 2 is 2.31 bits per heavy atom. The van der Waals surface area contributed by atoms with E-state index >= 15 is 0 Å². The van der Waals surface area contributed by atoms with E-state index in [1.54, 1.807) is 13.8 Å². The van der Waals surface area contributed by atoms with Gasteiger partial charge in [-0.1, -0.05) is 5.16 Å². The van der Waals surface area contributed by atoms with E-state index in [1.165, 1.54) is 0 Å². The molecule has 0 atom stereocenters. The van der Waals surface area contributed by atoms with Gasteiger partial charge in [-0.3, -0.25) is 4.79 Å². The number of nitrogens with zero attached hydrogens (tertiary/aromatic N) is 2. The van der Waals surface area contributed by atoms with Gasteiger partial charge in [-0.2, -0.15) is 0 Å². The molecule has 4 N–H and O–H groups in total. The molecule has 0 spiro atoms. The van der Waals surface area contributed by atoms with Crippen molar-refractivity contribution in [3.05, 3.63) is 17.3 Å².